The third kappa shape index (κ3) is 14.6. The van der Waals surface area contributed by atoms with Gasteiger partial charge < -0.3 is 0 Å². The molecule has 0 saturated carbocycles. The fraction of sp³-hybridized carbons (Fsp3) is 0.692. The number of rotatable bonds is 18. The van der Waals surface area contributed by atoms with E-state index in [2.05, 4.69) is 29.0 Å². The summed E-state index contributed by atoms with van der Waals surface area (Å²) >= 11 is -0.639. The molecule has 6 heteroatoms. The topological polar surface area (TPSA) is 67.4 Å². The van der Waals surface area contributed by atoms with Crippen molar-refractivity contribution in [1.29, 1.82) is 0 Å². The van der Waals surface area contributed by atoms with Crippen molar-refractivity contribution in [1.82, 2.24) is 10.6 Å². The van der Waals surface area contributed by atoms with Crippen molar-refractivity contribution in [2.75, 3.05) is 13.1 Å². The maximum atomic E-state index is 12.6. The molecule has 32 heavy (non-hydrogen) atoms. The van der Waals surface area contributed by atoms with Crippen LogP contribution in [0.5, 0.6) is 0 Å². The molecule has 0 bridgehead atoms. The number of alkyl carbamates (subject to hydrolysis) is 1. The van der Waals surface area contributed by atoms with E-state index in [4.69, 9.17) is 4.74 Å². The molecule has 0 heterocycles. The Bertz CT molecular complexity index is 637. The second-order valence-electron chi connectivity index (χ2n) is 8.75. The monoisotopic (exact) mass is 508 g/mol. The van der Waals surface area contributed by atoms with Gasteiger partial charge in [-0.05, 0) is 6.42 Å². The molecule has 0 aliphatic carbocycles. The molecule has 2 N–H and O–H groups in total. The number of ether oxygens (including phenoxy) is 1. The molecule has 1 aromatic carbocycles. The van der Waals surface area contributed by atoms with Crippen molar-refractivity contribution in [3.8, 4) is 0 Å². The maximum absolute atomic E-state index is 12.6. The zero-order chi connectivity index (χ0) is 23.4. The predicted octanol–water partition coefficient (Wildman–Crippen LogP) is 6.71. The fourth-order valence-corrected chi connectivity index (χ4v) is 5.22. The van der Waals surface area contributed by atoms with Crippen LogP contribution in [0.3, 0.4) is 0 Å². The zero-order valence-corrected chi connectivity index (χ0v) is 22.5. The van der Waals surface area contributed by atoms with Gasteiger partial charge in [-0.3, -0.25) is 0 Å². The number of benzene rings is 1. The Kier molecular flexibility index (Phi) is 17.0. The van der Waals surface area contributed by atoms with Crippen LogP contribution >= 0.6 is 0 Å². The molecular formula is C26H45AsN2O3. The molecule has 0 fully saturated rings. The van der Waals surface area contributed by atoms with E-state index in [0.717, 1.165) is 24.8 Å². The van der Waals surface area contributed by atoms with E-state index in [9.17, 15) is 9.59 Å². The summed E-state index contributed by atoms with van der Waals surface area (Å²) in [5.74, 6) is -0.0947. The third-order valence-electron chi connectivity index (χ3n) is 5.49. The van der Waals surface area contributed by atoms with Crippen molar-refractivity contribution in [2.45, 2.75) is 101 Å². The Balaban J connectivity index is 2.21. The Morgan fingerprint density at radius 1 is 0.812 bits per heavy atom. The zero-order valence-electron chi connectivity index (χ0n) is 20.6. The predicted molar refractivity (Wildman–Crippen MR) is 136 cm³/mol. The van der Waals surface area contributed by atoms with Crippen LogP contribution in [-0.4, -0.2) is 39.7 Å². The normalized spacial score (nSPS) is 10.9. The second kappa shape index (κ2) is 19.0. The van der Waals surface area contributed by atoms with Crippen molar-refractivity contribution >= 4 is 26.7 Å². The number of nitrogens with one attached hydrogen (secondary N) is 2. The van der Waals surface area contributed by atoms with Gasteiger partial charge in [0.25, 0.3) is 0 Å². The first-order valence-corrected chi connectivity index (χ1v) is 17.5. The molecule has 5 nitrogen and oxygen atoms in total. The number of unbranched alkanes of at least 4 members (excludes halogenated alkanes) is 9. The summed E-state index contributed by atoms with van der Waals surface area (Å²) in [7, 11) is 0. The molecule has 0 spiro atoms. The number of amides is 2. The van der Waals surface area contributed by atoms with Crippen LogP contribution in [0.1, 0.15) is 93.5 Å². The summed E-state index contributed by atoms with van der Waals surface area (Å²) in [5.41, 5.74) is 5.93. The molecule has 1 aromatic rings. The molecule has 0 aromatic heterocycles. The summed E-state index contributed by atoms with van der Waals surface area (Å²) in [6.45, 7) is 3.69. The van der Waals surface area contributed by atoms with Gasteiger partial charge in [-0.2, -0.15) is 0 Å². The summed E-state index contributed by atoms with van der Waals surface area (Å²) in [5, 5.41) is 7.03. The SMILES string of the molecule is CCCCCCCCCCCCNC(=O)c1ccccc1COC(=O)NCCC[As](C)C. The van der Waals surface area contributed by atoms with Gasteiger partial charge in [-0.1, -0.05) is 64.7 Å². The van der Waals surface area contributed by atoms with E-state index in [1.54, 1.807) is 6.07 Å². The molecule has 182 valence electrons. The van der Waals surface area contributed by atoms with E-state index in [1.807, 2.05) is 18.2 Å². The van der Waals surface area contributed by atoms with Crippen LogP contribution in [0.4, 0.5) is 4.79 Å². The number of hydrogen-bond acceptors (Lipinski definition) is 3. The van der Waals surface area contributed by atoms with E-state index >= 15 is 0 Å². The van der Waals surface area contributed by atoms with Crippen LogP contribution in [0, 0.1) is 0 Å². The molecule has 0 saturated heterocycles. The van der Waals surface area contributed by atoms with Gasteiger partial charge in [0.15, 0.2) is 0 Å². The molecule has 0 atom stereocenters. The molecule has 2 amide bonds. The average Bonchev–Trinajstić information content (AvgIpc) is 2.79. The van der Waals surface area contributed by atoms with Crippen LogP contribution < -0.4 is 10.6 Å². The van der Waals surface area contributed by atoms with Crippen molar-refractivity contribution in [3.63, 3.8) is 0 Å². The van der Waals surface area contributed by atoms with E-state index < -0.39 is 20.7 Å². The van der Waals surface area contributed by atoms with Crippen LogP contribution in [0.2, 0.25) is 16.6 Å². The van der Waals surface area contributed by atoms with E-state index in [-0.39, 0.29) is 12.5 Å². The summed E-state index contributed by atoms with van der Waals surface area (Å²) in [4.78, 5) is 24.5. The van der Waals surface area contributed by atoms with Crippen molar-refractivity contribution in [3.05, 3.63) is 35.4 Å². The Labute approximate surface area is 200 Å². The fourth-order valence-electron chi connectivity index (χ4n) is 3.56. The molecule has 0 aliphatic rings. The van der Waals surface area contributed by atoms with Crippen LogP contribution in [0.25, 0.3) is 0 Å². The number of carbonyl (C=O) groups excluding carboxylic acids is 2. The van der Waals surface area contributed by atoms with Crippen molar-refractivity contribution in [2.24, 2.45) is 0 Å². The molecule has 1 rings (SSSR count). The second-order valence-corrected chi connectivity index (χ2v) is 14.2. The Morgan fingerprint density at radius 3 is 2.06 bits per heavy atom. The van der Waals surface area contributed by atoms with Gasteiger partial charge in [0.1, 0.15) is 0 Å². The third-order valence-corrected chi connectivity index (χ3v) is 8.03. The molecular weight excluding hydrogens is 463 g/mol. The first kappa shape index (κ1) is 28.6. The first-order valence-electron chi connectivity index (χ1n) is 12.5. The van der Waals surface area contributed by atoms with Crippen LogP contribution in [0.15, 0.2) is 24.3 Å². The number of hydrogen-bond donors (Lipinski definition) is 2. The van der Waals surface area contributed by atoms with Gasteiger partial charge in [0.05, 0.1) is 0 Å². The summed E-state index contributed by atoms with van der Waals surface area (Å²) in [6.07, 6.45) is 13.4. The van der Waals surface area contributed by atoms with E-state index in [0.29, 0.717) is 18.7 Å². The molecule has 0 radical (unpaired) electrons. The van der Waals surface area contributed by atoms with Gasteiger partial charge in [0.2, 0.25) is 0 Å². The Morgan fingerprint density at radius 2 is 1.41 bits per heavy atom. The Hall–Kier alpha value is -1.48. The minimum absolute atomic E-state index is 0.0947. The van der Waals surface area contributed by atoms with Gasteiger partial charge in [-0.15, -0.1) is 0 Å². The quantitative estimate of drug-likeness (QED) is 0.171. The van der Waals surface area contributed by atoms with E-state index in [1.165, 1.54) is 56.6 Å². The van der Waals surface area contributed by atoms with Gasteiger partial charge in [0, 0.05) is 0 Å². The minimum atomic E-state index is -0.639. The van der Waals surface area contributed by atoms with Gasteiger partial charge in [-0.25, -0.2) is 0 Å². The summed E-state index contributed by atoms with van der Waals surface area (Å²) < 4.78 is 5.32. The first-order chi connectivity index (χ1) is 15.5. The average molecular weight is 509 g/mol. The number of carbonyl (C=O) groups is 2. The van der Waals surface area contributed by atoms with Gasteiger partial charge >= 0.3 is 130 Å². The molecule has 0 aliphatic heterocycles. The summed E-state index contributed by atoms with van der Waals surface area (Å²) in [6, 6.07) is 7.34. The van der Waals surface area contributed by atoms with Crippen LogP contribution in [-0.2, 0) is 11.3 Å². The molecule has 0 unspecified atom stereocenters. The standard InChI is InChI=1S/C26H45AsN2O3/c1-4-5-6-7-8-9-10-11-12-15-20-28-25(30)24-18-14-13-17-23(24)22-32-26(31)29-21-16-19-27(2)3/h13-14,17-18H,4-12,15-16,19-22H2,1-3H3,(H,28,30)(H,29,31). The van der Waals surface area contributed by atoms with Crippen molar-refractivity contribution < 1.29 is 14.3 Å².